The van der Waals surface area contributed by atoms with Crippen molar-refractivity contribution in [3.05, 3.63) is 78.9 Å². The van der Waals surface area contributed by atoms with E-state index in [0.717, 1.165) is 33.0 Å². The third-order valence-corrected chi connectivity index (χ3v) is 5.19. The summed E-state index contributed by atoms with van der Waals surface area (Å²) >= 11 is -1.03. The van der Waals surface area contributed by atoms with Crippen molar-refractivity contribution >= 4 is 11.2 Å². The molecule has 2 aromatic heterocycles. The van der Waals surface area contributed by atoms with Crippen LogP contribution in [0, 0.1) is 5.82 Å². The Kier molecular flexibility index (Phi) is 4.75. The summed E-state index contributed by atoms with van der Waals surface area (Å²) in [6, 6.07) is 17.5. The molecule has 6 heteroatoms. The predicted molar refractivity (Wildman–Crippen MR) is 105 cm³/mol. The minimum Gasteiger partial charge on any atom is -0.612 e. The molecule has 1 atom stereocenters. The van der Waals surface area contributed by atoms with E-state index in [9.17, 15) is 8.94 Å². The van der Waals surface area contributed by atoms with Crippen molar-refractivity contribution < 1.29 is 8.94 Å². The Morgan fingerprint density at radius 2 is 1.48 bits per heavy atom. The predicted octanol–water partition coefficient (Wildman–Crippen LogP) is 4.68. The topological polar surface area (TPSA) is 64.6 Å². The van der Waals surface area contributed by atoms with Crippen LogP contribution in [0.5, 0.6) is 0 Å². The van der Waals surface area contributed by atoms with Gasteiger partial charge in [-0.3, -0.25) is 4.98 Å². The molecule has 0 aliphatic heterocycles. The lowest BCUT2D eigenvalue weighted by molar-refractivity contribution is 0.601. The summed E-state index contributed by atoms with van der Waals surface area (Å²) in [6.07, 6.45) is 5.08. The molecule has 1 N–H and O–H groups in total. The van der Waals surface area contributed by atoms with Crippen LogP contribution in [0.3, 0.4) is 0 Å². The van der Waals surface area contributed by atoms with Crippen molar-refractivity contribution in [2.45, 2.75) is 4.90 Å². The monoisotopic (exact) mass is 377 g/mol. The van der Waals surface area contributed by atoms with E-state index in [1.165, 1.54) is 12.1 Å². The number of imidazole rings is 1. The van der Waals surface area contributed by atoms with Gasteiger partial charge in [0.05, 0.1) is 11.4 Å². The maximum absolute atomic E-state index is 13.3. The molecule has 0 aliphatic carbocycles. The Morgan fingerprint density at radius 1 is 0.852 bits per heavy atom. The second-order valence-corrected chi connectivity index (χ2v) is 7.41. The Balaban J connectivity index is 1.83. The van der Waals surface area contributed by atoms with Crippen molar-refractivity contribution in [2.75, 3.05) is 6.26 Å². The number of aromatic nitrogens is 3. The smallest absolute Gasteiger partial charge is 0.152 e. The molecule has 4 aromatic rings. The summed E-state index contributed by atoms with van der Waals surface area (Å²) in [5.41, 5.74) is 4.21. The summed E-state index contributed by atoms with van der Waals surface area (Å²) in [5.74, 6) is 0.401. The van der Waals surface area contributed by atoms with E-state index in [1.807, 2.05) is 36.4 Å². The van der Waals surface area contributed by atoms with Crippen LogP contribution in [-0.4, -0.2) is 25.8 Å². The zero-order valence-electron chi connectivity index (χ0n) is 14.5. The van der Waals surface area contributed by atoms with Crippen LogP contribution in [0.25, 0.3) is 33.9 Å². The number of H-pyrrole nitrogens is 1. The normalized spacial score (nSPS) is 12.1. The molecular weight excluding hydrogens is 361 g/mol. The Bertz CT molecular complexity index is 1050. The minimum absolute atomic E-state index is 0.289. The van der Waals surface area contributed by atoms with Crippen LogP contribution < -0.4 is 0 Å². The fourth-order valence-corrected chi connectivity index (χ4v) is 3.38. The Hall–Kier alpha value is -2.96. The van der Waals surface area contributed by atoms with E-state index >= 15 is 0 Å². The van der Waals surface area contributed by atoms with Crippen LogP contribution in [0.1, 0.15) is 0 Å². The number of rotatable bonds is 4. The largest absolute Gasteiger partial charge is 0.612 e. The summed E-state index contributed by atoms with van der Waals surface area (Å²) in [6.45, 7) is 0. The van der Waals surface area contributed by atoms with Crippen LogP contribution in [-0.2, 0) is 11.2 Å². The zero-order valence-corrected chi connectivity index (χ0v) is 15.3. The van der Waals surface area contributed by atoms with Crippen LogP contribution in [0.2, 0.25) is 0 Å². The molecule has 0 spiro atoms. The molecule has 134 valence electrons. The van der Waals surface area contributed by atoms with Gasteiger partial charge < -0.3 is 9.54 Å². The molecule has 27 heavy (non-hydrogen) atoms. The van der Waals surface area contributed by atoms with E-state index in [2.05, 4.69) is 9.97 Å². The second-order valence-electron chi connectivity index (χ2n) is 6.03. The molecule has 0 amide bonds. The molecule has 2 aromatic carbocycles. The molecular formula is C21H16FN3OS. The Labute approximate surface area is 159 Å². The standard InChI is InChI=1S/C21H16FN3OS/c1-27(26)18-8-4-16(5-9-18)21-24-19(14-2-6-17(22)7-3-14)20(25-21)15-10-12-23-13-11-15/h2-13H,1H3,(H,24,25)/t27-/m0/s1. The van der Waals surface area contributed by atoms with Gasteiger partial charge in [0.2, 0.25) is 0 Å². The number of hydrogen-bond acceptors (Lipinski definition) is 3. The fraction of sp³-hybridized carbons (Fsp3) is 0.0476. The maximum atomic E-state index is 13.3. The molecule has 0 radical (unpaired) electrons. The number of nitrogens with one attached hydrogen (secondary N) is 1. The highest BCUT2D eigenvalue weighted by Crippen LogP contribution is 2.33. The fourth-order valence-electron chi connectivity index (χ4n) is 2.86. The number of benzene rings is 2. The second kappa shape index (κ2) is 7.34. The maximum Gasteiger partial charge on any atom is 0.152 e. The van der Waals surface area contributed by atoms with Gasteiger partial charge in [0.15, 0.2) is 4.90 Å². The first-order valence-corrected chi connectivity index (χ1v) is 9.88. The van der Waals surface area contributed by atoms with Crippen LogP contribution in [0.15, 0.2) is 78.0 Å². The van der Waals surface area contributed by atoms with Gasteiger partial charge in [-0.15, -0.1) is 0 Å². The number of aromatic amines is 1. The van der Waals surface area contributed by atoms with Gasteiger partial charge in [-0.05, 0) is 71.8 Å². The SMILES string of the molecule is C[S@+]([O-])c1ccc(-c2nc(-c3ccc(F)cc3)c(-c3ccncc3)[nH]2)cc1. The van der Waals surface area contributed by atoms with E-state index in [1.54, 1.807) is 30.8 Å². The van der Waals surface area contributed by atoms with Gasteiger partial charge in [0, 0.05) is 29.1 Å². The Morgan fingerprint density at radius 3 is 2.11 bits per heavy atom. The van der Waals surface area contributed by atoms with Gasteiger partial charge in [0.1, 0.15) is 17.9 Å². The van der Waals surface area contributed by atoms with E-state index < -0.39 is 11.2 Å². The van der Waals surface area contributed by atoms with E-state index in [0.29, 0.717) is 5.82 Å². The lowest BCUT2D eigenvalue weighted by Crippen LogP contribution is -1.96. The van der Waals surface area contributed by atoms with Crippen molar-refractivity contribution in [3.8, 4) is 33.9 Å². The molecule has 0 saturated heterocycles. The lowest BCUT2D eigenvalue weighted by atomic mass is 10.1. The molecule has 0 aliphatic rings. The minimum atomic E-state index is -1.03. The average molecular weight is 377 g/mol. The van der Waals surface area contributed by atoms with E-state index in [-0.39, 0.29) is 5.82 Å². The summed E-state index contributed by atoms with van der Waals surface area (Å²) in [5, 5.41) is 0. The third kappa shape index (κ3) is 3.63. The zero-order chi connectivity index (χ0) is 18.8. The van der Waals surface area contributed by atoms with Crippen molar-refractivity contribution in [3.63, 3.8) is 0 Å². The summed E-state index contributed by atoms with van der Waals surface area (Å²) < 4.78 is 24.9. The summed E-state index contributed by atoms with van der Waals surface area (Å²) in [7, 11) is 0. The number of hydrogen-bond donors (Lipinski definition) is 1. The average Bonchev–Trinajstić information content (AvgIpc) is 3.15. The molecule has 0 bridgehead atoms. The van der Waals surface area contributed by atoms with Gasteiger partial charge >= 0.3 is 0 Å². The van der Waals surface area contributed by atoms with Gasteiger partial charge in [-0.1, -0.05) is 0 Å². The van der Waals surface area contributed by atoms with Crippen LogP contribution >= 0.6 is 0 Å². The number of pyridine rings is 1. The van der Waals surface area contributed by atoms with Gasteiger partial charge in [0.25, 0.3) is 0 Å². The molecule has 4 rings (SSSR count). The highest BCUT2D eigenvalue weighted by atomic mass is 32.2. The first-order chi connectivity index (χ1) is 13.1. The number of nitrogens with zero attached hydrogens (tertiary/aromatic N) is 2. The molecule has 0 saturated carbocycles. The van der Waals surface area contributed by atoms with Gasteiger partial charge in [-0.2, -0.15) is 0 Å². The number of halogens is 1. The highest BCUT2D eigenvalue weighted by molar-refractivity contribution is 7.90. The molecule has 2 heterocycles. The third-order valence-electron chi connectivity index (χ3n) is 4.25. The molecule has 4 nitrogen and oxygen atoms in total. The summed E-state index contributed by atoms with van der Waals surface area (Å²) in [4.78, 5) is 13.0. The van der Waals surface area contributed by atoms with E-state index in [4.69, 9.17) is 4.98 Å². The molecule has 0 unspecified atom stereocenters. The van der Waals surface area contributed by atoms with Crippen molar-refractivity contribution in [1.82, 2.24) is 15.0 Å². The lowest BCUT2D eigenvalue weighted by Gasteiger charge is -2.04. The highest BCUT2D eigenvalue weighted by Gasteiger charge is 2.16. The first kappa shape index (κ1) is 17.5. The van der Waals surface area contributed by atoms with Crippen molar-refractivity contribution in [2.24, 2.45) is 0 Å². The quantitative estimate of drug-likeness (QED) is 0.525. The first-order valence-electron chi connectivity index (χ1n) is 8.32. The van der Waals surface area contributed by atoms with Crippen molar-refractivity contribution in [1.29, 1.82) is 0 Å². The van der Waals surface area contributed by atoms with Crippen LogP contribution in [0.4, 0.5) is 4.39 Å². The molecule has 0 fully saturated rings. The van der Waals surface area contributed by atoms with Gasteiger partial charge in [-0.25, -0.2) is 9.37 Å².